The third-order valence-electron chi connectivity index (χ3n) is 2.82. The molecule has 2 aromatic rings. The van der Waals surface area contributed by atoms with Gasteiger partial charge in [0, 0.05) is 20.6 Å². The zero-order chi connectivity index (χ0) is 15.4. The summed E-state index contributed by atoms with van der Waals surface area (Å²) in [7, 11) is 3.67. The highest BCUT2D eigenvalue weighted by Gasteiger charge is 2.11. The van der Waals surface area contributed by atoms with E-state index in [0.717, 1.165) is 5.56 Å². The fourth-order valence-corrected chi connectivity index (χ4v) is 1.76. The molecule has 7 heteroatoms. The van der Waals surface area contributed by atoms with Gasteiger partial charge in [0.05, 0.1) is 5.69 Å². The van der Waals surface area contributed by atoms with E-state index in [-0.39, 0.29) is 5.82 Å². The van der Waals surface area contributed by atoms with Gasteiger partial charge in [-0.1, -0.05) is 12.1 Å². The second-order valence-corrected chi connectivity index (χ2v) is 4.76. The lowest BCUT2D eigenvalue weighted by Gasteiger charge is -2.14. The Hall–Kier alpha value is -2.44. The van der Waals surface area contributed by atoms with Crippen molar-refractivity contribution < 1.29 is 4.39 Å². The minimum atomic E-state index is -0.341. The highest BCUT2D eigenvalue weighted by Crippen LogP contribution is 2.23. The lowest BCUT2D eigenvalue weighted by atomic mass is 10.2. The topological polar surface area (TPSA) is 66.0 Å². The molecule has 2 N–H and O–H groups in total. The molecule has 0 radical (unpaired) electrons. The molecule has 0 saturated heterocycles. The van der Waals surface area contributed by atoms with Crippen molar-refractivity contribution in [2.24, 2.45) is 0 Å². The molecule has 6 nitrogen and oxygen atoms in total. The summed E-state index contributed by atoms with van der Waals surface area (Å²) in [4.78, 5) is 14.6. The van der Waals surface area contributed by atoms with Crippen molar-refractivity contribution in [2.45, 2.75) is 13.8 Å². The van der Waals surface area contributed by atoms with E-state index in [9.17, 15) is 4.39 Å². The van der Waals surface area contributed by atoms with Crippen molar-refractivity contribution in [1.29, 1.82) is 0 Å². The number of hydrogen-bond donors (Lipinski definition) is 2. The van der Waals surface area contributed by atoms with Gasteiger partial charge < -0.3 is 15.5 Å². The van der Waals surface area contributed by atoms with Gasteiger partial charge in [-0.15, -0.1) is 0 Å². The third kappa shape index (κ3) is 3.56. The third-order valence-corrected chi connectivity index (χ3v) is 2.82. The molecule has 1 aromatic heterocycles. The molecule has 2 rings (SSSR count). The van der Waals surface area contributed by atoms with Crippen LogP contribution in [0.5, 0.6) is 0 Å². The Bertz CT molecular complexity index is 609. The van der Waals surface area contributed by atoms with Crippen LogP contribution in [0.15, 0.2) is 18.2 Å². The zero-order valence-electron chi connectivity index (χ0n) is 12.6. The van der Waals surface area contributed by atoms with Crippen LogP contribution in [0, 0.1) is 12.7 Å². The van der Waals surface area contributed by atoms with Crippen LogP contribution in [0.2, 0.25) is 0 Å². The molecule has 0 aliphatic heterocycles. The van der Waals surface area contributed by atoms with E-state index in [2.05, 4.69) is 25.6 Å². The Kier molecular flexibility index (Phi) is 4.52. The van der Waals surface area contributed by atoms with Crippen LogP contribution in [0.3, 0.4) is 0 Å². The van der Waals surface area contributed by atoms with Crippen molar-refractivity contribution >= 4 is 23.5 Å². The van der Waals surface area contributed by atoms with Crippen molar-refractivity contribution in [3.05, 3.63) is 29.6 Å². The predicted molar refractivity (Wildman–Crippen MR) is 82.7 cm³/mol. The molecule has 0 spiro atoms. The average Bonchev–Trinajstić information content (AvgIpc) is 2.43. The van der Waals surface area contributed by atoms with Crippen LogP contribution in [0.25, 0.3) is 0 Å². The minimum absolute atomic E-state index is 0.304. The molecule has 0 saturated carbocycles. The molecule has 0 amide bonds. The Balaban J connectivity index is 2.39. The number of aromatic nitrogens is 3. The lowest BCUT2D eigenvalue weighted by molar-refractivity contribution is 0.630. The summed E-state index contributed by atoms with van der Waals surface area (Å²) in [5.41, 5.74) is 1.16. The van der Waals surface area contributed by atoms with Crippen LogP contribution in [0.4, 0.5) is 27.9 Å². The largest absolute Gasteiger partial charge is 0.354 e. The maximum atomic E-state index is 13.9. The second-order valence-electron chi connectivity index (χ2n) is 4.76. The predicted octanol–water partition coefficient (Wildman–Crippen LogP) is 2.56. The van der Waals surface area contributed by atoms with E-state index < -0.39 is 0 Å². The van der Waals surface area contributed by atoms with E-state index in [4.69, 9.17) is 0 Å². The normalized spacial score (nSPS) is 10.3. The number of aryl methyl sites for hydroxylation is 1. The number of halogens is 1. The van der Waals surface area contributed by atoms with Gasteiger partial charge in [-0.2, -0.15) is 15.0 Å². The Morgan fingerprint density at radius 2 is 1.86 bits per heavy atom. The van der Waals surface area contributed by atoms with Gasteiger partial charge in [0.2, 0.25) is 17.8 Å². The van der Waals surface area contributed by atoms with Gasteiger partial charge >= 0.3 is 0 Å². The SMILES string of the molecule is CCNc1nc(Nc2c(C)cccc2F)nc(N(C)C)n1. The summed E-state index contributed by atoms with van der Waals surface area (Å²) < 4.78 is 13.9. The molecule has 1 aromatic carbocycles. The van der Waals surface area contributed by atoms with Crippen molar-refractivity contribution in [2.75, 3.05) is 36.2 Å². The van der Waals surface area contributed by atoms with Gasteiger partial charge in [-0.25, -0.2) is 4.39 Å². The number of para-hydroxylation sites is 1. The van der Waals surface area contributed by atoms with Gasteiger partial charge in [0.25, 0.3) is 0 Å². The Morgan fingerprint density at radius 1 is 1.14 bits per heavy atom. The summed E-state index contributed by atoms with van der Waals surface area (Å²) in [6, 6.07) is 4.89. The van der Waals surface area contributed by atoms with Crippen LogP contribution in [-0.2, 0) is 0 Å². The van der Waals surface area contributed by atoms with E-state index in [1.807, 2.05) is 34.0 Å². The van der Waals surface area contributed by atoms with Crippen molar-refractivity contribution in [3.8, 4) is 0 Å². The first-order valence-electron chi connectivity index (χ1n) is 6.70. The van der Waals surface area contributed by atoms with Crippen LogP contribution < -0.4 is 15.5 Å². The van der Waals surface area contributed by atoms with Crippen LogP contribution >= 0.6 is 0 Å². The molecule has 0 fully saturated rings. The molecule has 0 atom stereocenters. The molecule has 0 bridgehead atoms. The molecule has 0 aliphatic rings. The fraction of sp³-hybridized carbons (Fsp3) is 0.357. The standard InChI is InChI=1S/C14H19FN6/c1-5-16-12-18-13(20-14(19-12)21(3)4)17-11-9(2)7-6-8-10(11)15/h6-8H,5H2,1-4H3,(H2,16,17,18,19,20). The fourth-order valence-electron chi connectivity index (χ4n) is 1.76. The number of rotatable bonds is 5. The first-order valence-corrected chi connectivity index (χ1v) is 6.70. The zero-order valence-corrected chi connectivity index (χ0v) is 12.6. The number of nitrogens with zero attached hydrogens (tertiary/aromatic N) is 4. The summed E-state index contributed by atoms with van der Waals surface area (Å²) in [5, 5.41) is 5.97. The summed E-state index contributed by atoms with van der Waals surface area (Å²) in [6.07, 6.45) is 0. The monoisotopic (exact) mass is 290 g/mol. The lowest BCUT2D eigenvalue weighted by Crippen LogP contribution is -2.16. The Morgan fingerprint density at radius 3 is 2.48 bits per heavy atom. The van der Waals surface area contributed by atoms with E-state index >= 15 is 0 Å². The van der Waals surface area contributed by atoms with Crippen LogP contribution in [0.1, 0.15) is 12.5 Å². The Labute approximate surface area is 123 Å². The molecule has 1 heterocycles. The van der Waals surface area contributed by atoms with Crippen LogP contribution in [-0.4, -0.2) is 35.6 Å². The molecule has 21 heavy (non-hydrogen) atoms. The van der Waals surface area contributed by atoms with E-state index in [0.29, 0.717) is 30.1 Å². The average molecular weight is 290 g/mol. The highest BCUT2D eigenvalue weighted by atomic mass is 19.1. The summed E-state index contributed by atoms with van der Waals surface area (Å²) >= 11 is 0. The minimum Gasteiger partial charge on any atom is -0.354 e. The van der Waals surface area contributed by atoms with Crippen molar-refractivity contribution in [1.82, 2.24) is 15.0 Å². The quantitative estimate of drug-likeness (QED) is 0.882. The summed E-state index contributed by atoms with van der Waals surface area (Å²) in [5.74, 6) is 0.912. The molecule has 0 aliphatic carbocycles. The number of nitrogens with one attached hydrogen (secondary N) is 2. The highest BCUT2D eigenvalue weighted by molar-refractivity contribution is 5.60. The molecular weight excluding hydrogens is 271 g/mol. The number of anilines is 4. The van der Waals surface area contributed by atoms with E-state index in [1.54, 1.807) is 11.0 Å². The van der Waals surface area contributed by atoms with Gasteiger partial charge in [0.1, 0.15) is 5.82 Å². The first kappa shape index (κ1) is 15.0. The van der Waals surface area contributed by atoms with Gasteiger partial charge in [-0.05, 0) is 25.5 Å². The second kappa shape index (κ2) is 6.34. The maximum Gasteiger partial charge on any atom is 0.233 e. The first-order chi connectivity index (χ1) is 10.0. The van der Waals surface area contributed by atoms with Crippen molar-refractivity contribution in [3.63, 3.8) is 0 Å². The van der Waals surface area contributed by atoms with Gasteiger partial charge in [-0.3, -0.25) is 0 Å². The number of benzene rings is 1. The maximum absolute atomic E-state index is 13.9. The van der Waals surface area contributed by atoms with E-state index in [1.165, 1.54) is 6.07 Å². The summed E-state index contributed by atoms with van der Waals surface area (Å²) in [6.45, 7) is 4.47. The smallest absolute Gasteiger partial charge is 0.233 e. The van der Waals surface area contributed by atoms with Gasteiger partial charge in [0.15, 0.2) is 0 Å². The molecule has 0 unspecified atom stereocenters. The molecular formula is C14H19FN6. The number of hydrogen-bond acceptors (Lipinski definition) is 6. The molecule has 112 valence electrons.